The average Bonchev–Trinajstić information content (AvgIpc) is 2.60. The van der Waals surface area contributed by atoms with E-state index in [1.807, 2.05) is 3.88 Å². The van der Waals surface area contributed by atoms with Gasteiger partial charge in [-0.2, -0.15) is 0 Å². The summed E-state index contributed by atoms with van der Waals surface area (Å²) in [5.41, 5.74) is 0. The van der Waals surface area contributed by atoms with Gasteiger partial charge in [0.2, 0.25) is 0 Å². The summed E-state index contributed by atoms with van der Waals surface area (Å²) in [7, 11) is 0. The summed E-state index contributed by atoms with van der Waals surface area (Å²) in [4.78, 5) is 0. The summed E-state index contributed by atoms with van der Waals surface area (Å²) in [6.45, 7) is 0. The van der Waals surface area contributed by atoms with Crippen molar-refractivity contribution >= 4 is 30.7 Å². The fourth-order valence-electron chi connectivity index (χ4n) is 1.56. The molecule has 0 aromatic heterocycles. The molecule has 0 spiro atoms. The number of hydrogen-bond acceptors (Lipinski definition) is 0. The molecule has 0 atom stereocenters. The predicted molar refractivity (Wildman–Crippen MR) is 62.2 cm³/mol. The molecule has 0 amide bonds. The van der Waals surface area contributed by atoms with Gasteiger partial charge in [-0.25, -0.2) is 0 Å². The fourth-order valence-corrected chi connectivity index (χ4v) is 9.33. The largest absolute Gasteiger partial charge is 0.147 e. The van der Waals surface area contributed by atoms with Crippen LogP contribution < -0.4 is 0 Å². The molecule has 0 nitrogen and oxygen atoms in total. The van der Waals surface area contributed by atoms with Crippen molar-refractivity contribution in [3.63, 3.8) is 0 Å². The Morgan fingerprint density at radius 3 is 2.38 bits per heavy atom. The van der Waals surface area contributed by atoms with Gasteiger partial charge in [-0.05, 0) is 0 Å². The van der Waals surface area contributed by atoms with Gasteiger partial charge in [-0.3, -0.25) is 0 Å². The molecule has 4 heteroatoms. The molecular formula is C9H15Cl2PTi. The first-order chi connectivity index (χ1) is 5.45. The van der Waals surface area contributed by atoms with Gasteiger partial charge >= 0.3 is 78.2 Å². The normalized spacial score (nSPS) is 20.5. The molecule has 0 N–H and O–H groups in total. The van der Waals surface area contributed by atoms with Crippen LogP contribution in [0.25, 0.3) is 0 Å². The number of allylic oxidation sites excluding steroid dienone is 4. The van der Waals surface area contributed by atoms with Gasteiger partial charge < -0.3 is 0 Å². The zero-order chi connectivity index (χ0) is 7.52. The van der Waals surface area contributed by atoms with Gasteiger partial charge in [0.15, 0.2) is 0 Å². The minimum atomic E-state index is 0. The van der Waals surface area contributed by atoms with Crippen LogP contribution in [0, 0.1) is 0 Å². The third-order valence-corrected chi connectivity index (χ3v) is 10.00. The van der Waals surface area contributed by atoms with Gasteiger partial charge in [0.1, 0.15) is 0 Å². The van der Waals surface area contributed by atoms with Crippen LogP contribution in [-0.4, -0.2) is 12.3 Å². The molecule has 0 saturated carbocycles. The van der Waals surface area contributed by atoms with E-state index in [1.165, 1.54) is 19.3 Å². The van der Waals surface area contributed by atoms with Gasteiger partial charge in [0, 0.05) is 0 Å². The molecule has 13 heavy (non-hydrogen) atoms. The maximum Gasteiger partial charge on any atom is -0.147 e. The molecule has 0 bridgehead atoms. The summed E-state index contributed by atoms with van der Waals surface area (Å²) in [6, 6.07) is 0. The van der Waals surface area contributed by atoms with Crippen LogP contribution >= 0.6 is 30.7 Å². The Kier molecular flexibility index (Phi) is 8.18. The first-order valence-electron chi connectivity index (χ1n) is 4.32. The molecule has 2 rings (SSSR count). The third kappa shape index (κ3) is 4.49. The summed E-state index contributed by atoms with van der Waals surface area (Å²) in [5.74, 6) is 0.561. The first kappa shape index (κ1) is 14.2. The summed E-state index contributed by atoms with van der Waals surface area (Å²) in [6.07, 6.45) is 14.5. The van der Waals surface area contributed by atoms with E-state index in [0.29, 0.717) is 24.6 Å². The van der Waals surface area contributed by atoms with Gasteiger partial charge in [-0.15, -0.1) is 24.8 Å². The Balaban J connectivity index is 0.000000720. The number of hydrogen-bond donors (Lipinski definition) is 0. The fraction of sp³-hybridized carbons (Fsp3) is 0.556. The van der Waals surface area contributed by atoms with E-state index in [2.05, 4.69) is 18.2 Å². The Labute approximate surface area is 103 Å². The van der Waals surface area contributed by atoms with E-state index in [1.54, 1.807) is 12.3 Å². The summed E-state index contributed by atoms with van der Waals surface area (Å²) in [5, 5.41) is 0. The topological polar surface area (TPSA) is 0 Å². The maximum absolute atomic E-state index is 2.38. The van der Waals surface area contributed by atoms with E-state index < -0.39 is 0 Å². The van der Waals surface area contributed by atoms with Crippen LogP contribution in [0.5, 0.6) is 0 Å². The van der Waals surface area contributed by atoms with Crippen molar-refractivity contribution in [3.05, 3.63) is 22.1 Å². The van der Waals surface area contributed by atoms with Gasteiger partial charge in [-0.1, -0.05) is 0 Å². The number of halogens is 2. The SMILES string of the molecule is C1=CC[C]([Ti][P]2CCCC2)=C1.Cl.Cl. The molecule has 1 fully saturated rings. The molecule has 1 heterocycles. The van der Waals surface area contributed by atoms with Crippen molar-refractivity contribution in [2.24, 2.45) is 0 Å². The monoisotopic (exact) mass is 272 g/mol. The van der Waals surface area contributed by atoms with Crippen molar-refractivity contribution in [2.75, 3.05) is 12.3 Å². The second kappa shape index (κ2) is 7.49. The standard InChI is InChI=1S/C5H5.C4H8P.2ClH.Ti/c2*1-2-4-5-3-1;;;/h1-3H,4H2;1-4H2;2*1H;/q;-1;;;+1. The molecule has 74 valence electrons. The Bertz CT molecular complexity index is 198. The van der Waals surface area contributed by atoms with Crippen molar-refractivity contribution in [1.29, 1.82) is 0 Å². The van der Waals surface area contributed by atoms with Crippen molar-refractivity contribution in [3.8, 4) is 0 Å². The van der Waals surface area contributed by atoms with E-state index in [9.17, 15) is 0 Å². The van der Waals surface area contributed by atoms with Crippen molar-refractivity contribution < 1.29 is 18.6 Å². The second-order valence-corrected chi connectivity index (χ2v) is 10.3. The van der Waals surface area contributed by atoms with Crippen LogP contribution in [0.1, 0.15) is 19.3 Å². The third-order valence-electron chi connectivity index (χ3n) is 2.18. The zero-order valence-corrected chi connectivity index (χ0v) is 11.6. The molecular weight excluding hydrogens is 258 g/mol. The quantitative estimate of drug-likeness (QED) is 0.528. The Morgan fingerprint density at radius 1 is 1.15 bits per heavy atom. The van der Waals surface area contributed by atoms with E-state index >= 15 is 0 Å². The van der Waals surface area contributed by atoms with Gasteiger partial charge in [0.25, 0.3) is 0 Å². The molecule has 2 aliphatic rings. The maximum atomic E-state index is 2.38. The predicted octanol–water partition coefficient (Wildman–Crippen LogP) is 3.95. The molecule has 1 aliphatic carbocycles. The molecule has 0 aromatic carbocycles. The van der Waals surface area contributed by atoms with Crippen LogP contribution in [0.2, 0.25) is 0 Å². The molecule has 1 saturated heterocycles. The number of rotatable bonds is 2. The van der Waals surface area contributed by atoms with Crippen molar-refractivity contribution in [1.82, 2.24) is 0 Å². The molecule has 0 aromatic rings. The smallest absolute Gasteiger partial charge is 0.147 e. The summed E-state index contributed by atoms with van der Waals surface area (Å²) >= 11 is 0.350. The van der Waals surface area contributed by atoms with E-state index in [4.69, 9.17) is 0 Å². The second-order valence-electron chi connectivity index (χ2n) is 3.13. The average molecular weight is 273 g/mol. The van der Waals surface area contributed by atoms with Crippen LogP contribution in [0.15, 0.2) is 22.1 Å². The molecule has 0 unspecified atom stereocenters. The Hall–Kier alpha value is 1.20. The van der Waals surface area contributed by atoms with Crippen LogP contribution in [-0.2, 0) is 18.6 Å². The minimum absolute atomic E-state index is 0. The van der Waals surface area contributed by atoms with Crippen molar-refractivity contribution in [2.45, 2.75) is 19.3 Å². The zero-order valence-electron chi connectivity index (χ0n) is 7.53. The molecule has 0 radical (unpaired) electrons. The van der Waals surface area contributed by atoms with E-state index in [0.717, 1.165) is 0 Å². The minimum Gasteiger partial charge on any atom is -0.147 e. The van der Waals surface area contributed by atoms with Gasteiger partial charge in [0.05, 0.1) is 0 Å². The van der Waals surface area contributed by atoms with Crippen LogP contribution in [0.4, 0.5) is 0 Å². The Morgan fingerprint density at radius 2 is 1.85 bits per heavy atom. The first-order valence-corrected chi connectivity index (χ1v) is 8.91. The van der Waals surface area contributed by atoms with Crippen LogP contribution in [0.3, 0.4) is 0 Å². The molecule has 1 aliphatic heterocycles. The van der Waals surface area contributed by atoms with E-state index in [-0.39, 0.29) is 24.8 Å². The summed E-state index contributed by atoms with van der Waals surface area (Å²) < 4.78 is 1.82.